The topological polar surface area (TPSA) is 66.2 Å². The van der Waals surface area contributed by atoms with Crippen molar-refractivity contribution >= 4 is 29.1 Å². The lowest BCUT2D eigenvalue weighted by atomic mass is 10.2. The largest absolute Gasteiger partial charge is 0.465 e. The lowest BCUT2D eigenvalue weighted by molar-refractivity contribution is -0.139. The van der Waals surface area contributed by atoms with E-state index in [1.165, 1.54) is 16.6 Å². The molecule has 1 fully saturated rings. The van der Waals surface area contributed by atoms with Crippen LogP contribution in [0.3, 0.4) is 0 Å². The average Bonchev–Trinajstić information content (AvgIpc) is 3.28. The molecule has 0 N–H and O–H groups in total. The van der Waals surface area contributed by atoms with Crippen LogP contribution in [0.2, 0.25) is 0 Å². The quantitative estimate of drug-likeness (QED) is 0.553. The third-order valence-corrected chi connectivity index (χ3v) is 5.54. The monoisotopic (exact) mass is 367 g/mol. The van der Waals surface area contributed by atoms with E-state index in [9.17, 15) is 4.79 Å². The number of aryl methyl sites for hydroxylation is 1. The molecule has 6 nitrogen and oxygen atoms in total. The first-order valence-corrected chi connectivity index (χ1v) is 9.92. The standard InChI is InChI=1S/C16H21N3O3S2/c1-3-21-14(20)10-24-16-18-17-15(12-7-11(2)23-9-12)19(16)8-13-5-4-6-22-13/h7,9,13H,3-6,8,10H2,1-2H3. The van der Waals surface area contributed by atoms with Crippen LogP contribution >= 0.6 is 23.1 Å². The lowest BCUT2D eigenvalue weighted by Gasteiger charge is -2.14. The van der Waals surface area contributed by atoms with Gasteiger partial charge in [0, 0.05) is 22.4 Å². The fraction of sp³-hybridized carbons (Fsp3) is 0.562. The summed E-state index contributed by atoms with van der Waals surface area (Å²) in [5, 5.41) is 11.5. The molecule has 2 aromatic rings. The number of carbonyl (C=O) groups is 1. The maximum Gasteiger partial charge on any atom is 0.316 e. The van der Waals surface area contributed by atoms with Crippen molar-refractivity contribution in [1.29, 1.82) is 0 Å². The van der Waals surface area contributed by atoms with Crippen molar-refractivity contribution in [2.75, 3.05) is 19.0 Å². The molecule has 0 saturated carbocycles. The van der Waals surface area contributed by atoms with Crippen molar-refractivity contribution in [2.24, 2.45) is 0 Å². The Kier molecular flexibility index (Phi) is 5.91. The number of nitrogens with zero attached hydrogens (tertiary/aromatic N) is 3. The van der Waals surface area contributed by atoms with Crippen LogP contribution in [0.4, 0.5) is 0 Å². The van der Waals surface area contributed by atoms with E-state index < -0.39 is 0 Å². The second-order valence-electron chi connectivity index (χ2n) is 5.59. The van der Waals surface area contributed by atoms with Crippen LogP contribution < -0.4 is 0 Å². The predicted octanol–water partition coefficient (Wildman–Crippen LogP) is 3.15. The van der Waals surface area contributed by atoms with Crippen molar-refractivity contribution in [3.8, 4) is 11.4 Å². The van der Waals surface area contributed by atoms with Crippen LogP contribution in [-0.4, -0.2) is 45.8 Å². The van der Waals surface area contributed by atoms with Gasteiger partial charge in [0.25, 0.3) is 0 Å². The molecule has 0 spiro atoms. The summed E-state index contributed by atoms with van der Waals surface area (Å²) in [6, 6.07) is 2.11. The Labute approximate surface area is 149 Å². The molecule has 0 aliphatic carbocycles. The third kappa shape index (κ3) is 4.17. The number of aromatic nitrogens is 3. The van der Waals surface area contributed by atoms with Crippen LogP contribution in [0.1, 0.15) is 24.6 Å². The Morgan fingerprint density at radius 2 is 2.42 bits per heavy atom. The zero-order valence-corrected chi connectivity index (χ0v) is 15.5. The normalized spacial score (nSPS) is 17.3. The minimum Gasteiger partial charge on any atom is -0.465 e. The van der Waals surface area contributed by atoms with Gasteiger partial charge in [0.05, 0.1) is 25.0 Å². The molecule has 0 aromatic carbocycles. The lowest BCUT2D eigenvalue weighted by Crippen LogP contribution is -2.17. The summed E-state index contributed by atoms with van der Waals surface area (Å²) in [6.07, 6.45) is 2.31. The second kappa shape index (κ2) is 8.13. The van der Waals surface area contributed by atoms with Crippen molar-refractivity contribution in [2.45, 2.75) is 44.5 Å². The van der Waals surface area contributed by atoms with Crippen molar-refractivity contribution < 1.29 is 14.3 Å². The number of rotatable bonds is 7. The molecular formula is C16H21N3O3S2. The Hall–Kier alpha value is -1.38. The zero-order chi connectivity index (χ0) is 16.9. The molecule has 0 bridgehead atoms. The highest BCUT2D eigenvalue weighted by Gasteiger charge is 2.22. The van der Waals surface area contributed by atoms with Crippen molar-refractivity contribution in [3.63, 3.8) is 0 Å². The molecule has 24 heavy (non-hydrogen) atoms. The van der Waals surface area contributed by atoms with Gasteiger partial charge in [0.1, 0.15) is 0 Å². The number of hydrogen-bond acceptors (Lipinski definition) is 7. The molecule has 130 valence electrons. The molecule has 3 heterocycles. The van der Waals surface area contributed by atoms with Gasteiger partial charge in [-0.2, -0.15) is 0 Å². The third-order valence-electron chi connectivity index (χ3n) is 3.74. The molecular weight excluding hydrogens is 346 g/mol. The van der Waals surface area contributed by atoms with E-state index in [1.807, 2.05) is 0 Å². The van der Waals surface area contributed by atoms with Crippen molar-refractivity contribution in [1.82, 2.24) is 14.8 Å². The first-order chi connectivity index (χ1) is 11.7. The molecule has 0 radical (unpaired) electrons. The highest BCUT2D eigenvalue weighted by atomic mass is 32.2. The van der Waals surface area contributed by atoms with E-state index in [2.05, 4.69) is 33.1 Å². The summed E-state index contributed by atoms with van der Waals surface area (Å²) in [4.78, 5) is 12.9. The van der Waals surface area contributed by atoms with E-state index in [4.69, 9.17) is 9.47 Å². The van der Waals surface area contributed by atoms with E-state index in [-0.39, 0.29) is 17.8 Å². The van der Waals surface area contributed by atoms with Gasteiger partial charge in [-0.3, -0.25) is 9.36 Å². The van der Waals surface area contributed by atoms with Gasteiger partial charge in [-0.15, -0.1) is 21.5 Å². The number of thiophene rings is 1. The summed E-state index contributed by atoms with van der Waals surface area (Å²) < 4.78 is 12.8. The molecule has 8 heteroatoms. The molecule has 1 saturated heterocycles. The zero-order valence-electron chi connectivity index (χ0n) is 13.9. The Balaban J connectivity index is 1.81. The van der Waals surface area contributed by atoms with Crippen molar-refractivity contribution in [3.05, 3.63) is 16.3 Å². The van der Waals surface area contributed by atoms with Crippen LogP contribution in [-0.2, 0) is 20.8 Å². The van der Waals surface area contributed by atoms with E-state index >= 15 is 0 Å². The minimum atomic E-state index is -0.234. The highest BCUT2D eigenvalue weighted by Crippen LogP contribution is 2.29. The van der Waals surface area contributed by atoms with Gasteiger partial charge in [-0.1, -0.05) is 11.8 Å². The van der Waals surface area contributed by atoms with E-state index in [0.29, 0.717) is 13.2 Å². The van der Waals surface area contributed by atoms with Gasteiger partial charge in [-0.05, 0) is 32.8 Å². The maximum atomic E-state index is 11.6. The first kappa shape index (κ1) is 17.4. The van der Waals surface area contributed by atoms with Gasteiger partial charge in [0.2, 0.25) is 0 Å². The number of ether oxygens (including phenoxy) is 2. The van der Waals surface area contributed by atoms with Crippen LogP contribution in [0.25, 0.3) is 11.4 Å². The van der Waals surface area contributed by atoms with Gasteiger partial charge in [-0.25, -0.2) is 0 Å². The summed E-state index contributed by atoms with van der Waals surface area (Å²) in [5.74, 6) is 0.837. The number of thioether (sulfide) groups is 1. The molecule has 3 rings (SSSR count). The SMILES string of the molecule is CCOC(=O)CSc1nnc(-c2csc(C)c2)n1CC1CCCO1. The number of esters is 1. The molecule has 1 unspecified atom stereocenters. The average molecular weight is 367 g/mol. The number of carbonyl (C=O) groups excluding carboxylic acids is 1. The van der Waals surface area contributed by atoms with Crippen LogP contribution in [0, 0.1) is 6.92 Å². The van der Waals surface area contributed by atoms with E-state index in [0.717, 1.165) is 36.0 Å². The first-order valence-electron chi connectivity index (χ1n) is 8.06. The highest BCUT2D eigenvalue weighted by molar-refractivity contribution is 7.99. The predicted molar refractivity (Wildman–Crippen MR) is 94.4 cm³/mol. The summed E-state index contributed by atoms with van der Waals surface area (Å²) in [7, 11) is 0. The molecule has 0 amide bonds. The summed E-state index contributed by atoms with van der Waals surface area (Å²) >= 11 is 3.05. The molecule has 2 aromatic heterocycles. The second-order valence-corrected chi connectivity index (χ2v) is 7.65. The number of hydrogen-bond donors (Lipinski definition) is 0. The van der Waals surface area contributed by atoms with Gasteiger partial charge >= 0.3 is 5.97 Å². The maximum absolute atomic E-state index is 11.6. The molecule has 1 atom stereocenters. The summed E-state index contributed by atoms with van der Waals surface area (Å²) in [5.41, 5.74) is 1.06. The Bertz CT molecular complexity index is 693. The van der Waals surface area contributed by atoms with Gasteiger partial charge in [0.15, 0.2) is 11.0 Å². The smallest absolute Gasteiger partial charge is 0.316 e. The van der Waals surface area contributed by atoms with Gasteiger partial charge < -0.3 is 9.47 Å². The molecule has 1 aliphatic rings. The Morgan fingerprint density at radius 3 is 3.08 bits per heavy atom. The van der Waals surface area contributed by atoms with Crippen LogP contribution in [0.15, 0.2) is 16.6 Å². The molecule has 1 aliphatic heterocycles. The minimum absolute atomic E-state index is 0.182. The van der Waals surface area contributed by atoms with Crippen LogP contribution in [0.5, 0.6) is 0 Å². The van der Waals surface area contributed by atoms with E-state index in [1.54, 1.807) is 18.3 Å². The summed E-state index contributed by atoms with van der Waals surface area (Å²) in [6.45, 7) is 5.79. The Morgan fingerprint density at radius 1 is 1.54 bits per heavy atom. The fourth-order valence-electron chi connectivity index (χ4n) is 2.65. The fourth-order valence-corrected chi connectivity index (χ4v) is 4.08.